The normalized spacial score (nSPS) is 24.6. The molecule has 1 fully saturated rings. The summed E-state index contributed by atoms with van der Waals surface area (Å²) in [7, 11) is 0. The van der Waals surface area contributed by atoms with Crippen molar-refractivity contribution >= 4 is 33.6 Å². The largest absolute Gasteiger partial charge is 0.393 e. The number of nitrogens with zero attached hydrogens (tertiary/aromatic N) is 2. The average Bonchev–Trinajstić information content (AvgIpc) is 2.34. The van der Waals surface area contributed by atoms with E-state index >= 15 is 0 Å². The van der Waals surface area contributed by atoms with Gasteiger partial charge < -0.3 is 10.4 Å². The molecule has 94 valence electrons. The fourth-order valence-corrected chi connectivity index (χ4v) is 3.07. The van der Waals surface area contributed by atoms with Gasteiger partial charge in [0.1, 0.15) is 5.03 Å². The lowest BCUT2D eigenvalue weighted by Gasteiger charge is -2.26. The van der Waals surface area contributed by atoms with Gasteiger partial charge in [-0.05, 0) is 47.9 Å². The molecule has 4 nitrogen and oxygen atoms in total. The Bertz CT molecular complexity index is 383. The summed E-state index contributed by atoms with van der Waals surface area (Å²) in [4.78, 5) is 8.69. The molecule has 0 aliphatic heterocycles. The summed E-state index contributed by atoms with van der Waals surface area (Å²) in [5.74, 6) is 0.680. The zero-order valence-electron chi connectivity index (χ0n) is 9.69. The van der Waals surface area contributed by atoms with Gasteiger partial charge in [-0.3, -0.25) is 0 Å². The molecule has 2 N–H and O–H groups in total. The Balaban J connectivity index is 1.99. The third-order valence-corrected chi connectivity index (χ3v) is 4.48. The van der Waals surface area contributed by atoms with Crippen LogP contribution in [0.25, 0.3) is 0 Å². The molecule has 1 aromatic rings. The molecule has 0 bridgehead atoms. The van der Waals surface area contributed by atoms with E-state index in [-0.39, 0.29) is 6.10 Å². The topological polar surface area (TPSA) is 58.0 Å². The molecule has 0 radical (unpaired) electrons. The summed E-state index contributed by atoms with van der Waals surface area (Å²) >= 11 is 5.01. The van der Waals surface area contributed by atoms with Gasteiger partial charge in [0.25, 0.3) is 0 Å². The van der Waals surface area contributed by atoms with E-state index in [0.717, 1.165) is 35.2 Å². The molecule has 0 aromatic carbocycles. The number of rotatable bonds is 3. The second-order valence-electron chi connectivity index (χ2n) is 4.20. The van der Waals surface area contributed by atoms with E-state index in [1.165, 1.54) is 0 Å². The highest BCUT2D eigenvalue weighted by atomic mass is 79.9. The van der Waals surface area contributed by atoms with Crippen molar-refractivity contribution in [1.82, 2.24) is 9.97 Å². The molecule has 6 heteroatoms. The van der Waals surface area contributed by atoms with Crippen LogP contribution in [0.2, 0.25) is 0 Å². The number of aromatic nitrogens is 2. The van der Waals surface area contributed by atoms with Gasteiger partial charge in [-0.25, -0.2) is 9.97 Å². The Morgan fingerprint density at radius 2 is 2.12 bits per heavy atom. The predicted molar refractivity (Wildman–Crippen MR) is 73.4 cm³/mol. The van der Waals surface area contributed by atoms with Gasteiger partial charge in [-0.15, -0.1) is 11.8 Å². The lowest BCUT2D eigenvalue weighted by atomic mass is 9.93. The molecular formula is C11H16BrN3OS. The second-order valence-corrected chi connectivity index (χ2v) is 5.85. The molecule has 17 heavy (non-hydrogen) atoms. The van der Waals surface area contributed by atoms with Crippen LogP contribution >= 0.6 is 27.7 Å². The van der Waals surface area contributed by atoms with Crippen LogP contribution in [-0.2, 0) is 0 Å². The highest BCUT2D eigenvalue weighted by Gasteiger charge is 2.19. The minimum Gasteiger partial charge on any atom is -0.393 e. The van der Waals surface area contributed by atoms with Crippen molar-refractivity contribution in [3.8, 4) is 0 Å². The van der Waals surface area contributed by atoms with Crippen molar-refractivity contribution in [1.29, 1.82) is 0 Å². The molecule has 0 unspecified atom stereocenters. The summed E-state index contributed by atoms with van der Waals surface area (Å²) in [5, 5.41) is 13.7. The smallest absolute Gasteiger partial charge is 0.223 e. The molecule has 1 heterocycles. The van der Waals surface area contributed by atoms with Gasteiger partial charge in [0, 0.05) is 12.2 Å². The van der Waals surface area contributed by atoms with Gasteiger partial charge in [0.15, 0.2) is 0 Å². The number of thioether (sulfide) groups is 1. The summed E-state index contributed by atoms with van der Waals surface area (Å²) in [6.07, 6.45) is 7.34. The van der Waals surface area contributed by atoms with Crippen molar-refractivity contribution in [2.24, 2.45) is 0 Å². The molecule has 0 saturated heterocycles. The molecule has 1 saturated carbocycles. The SMILES string of the molecule is CSc1nc(NC2CCC(O)CC2)ncc1Br. The van der Waals surface area contributed by atoms with E-state index in [1.54, 1.807) is 18.0 Å². The quantitative estimate of drug-likeness (QED) is 0.663. The Labute approximate surface area is 114 Å². The van der Waals surface area contributed by atoms with Crippen LogP contribution in [-0.4, -0.2) is 33.5 Å². The van der Waals surface area contributed by atoms with Crippen molar-refractivity contribution < 1.29 is 5.11 Å². The fraction of sp³-hybridized carbons (Fsp3) is 0.636. The minimum absolute atomic E-state index is 0.124. The van der Waals surface area contributed by atoms with Crippen molar-refractivity contribution in [3.63, 3.8) is 0 Å². The third-order valence-electron chi connectivity index (χ3n) is 2.94. The lowest BCUT2D eigenvalue weighted by Crippen LogP contribution is -2.28. The molecular weight excluding hydrogens is 302 g/mol. The van der Waals surface area contributed by atoms with E-state index in [2.05, 4.69) is 31.2 Å². The maximum atomic E-state index is 9.44. The summed E-state index contributed by atoms with van der Waals surface area (Å²) in [5.41, 5.74) is 0. The number of aliphatic hydroxyl groups is 1. The summed E-state index contributed by atoms with van der Waals surface area (Å²) < 4.78 is 0.926. The fourth-order valence-electron chi connectivity index (χ4n) is 1.97. The van der Waals surface area contributed by atoms with Crippen LogP contribution in [0.1, 0.15) is 25.7 Å². The number of nitrogens with one attached hydrogen (secondary N) is 1. The second kappa shape index (κ2) is 6.02. The maximum Gasteiger partial charge on any atom is 0.223 e. The molecule has 2 rings (SSSR count). The maximum absolute atomic E-state index is 9.44. The standard InChI is InChI=1S/C11H16BrN3OS/c1-17-10-9(12)6-13-11(15-10)14-7-2-4-8(16)5-3-7/h6-8,16H,2-5H2,1H3,(H,13,14,15). The van der Waals surface area contributed by atoms with Gasteiger partial charge in [0.2, 0.25) is 5.95 Å². The number of anilines is 1. The average molecular weight is 318 g/mol. The van der Waals surface area contributed by atoms with Gasteiger partial charge in [-0.2, -0.15) is 0 Å². The van der Waals surface area contributed by atoms with Gasteiger partial charge in [0.05, 0.1) is 10.6 Å². The van der Waals surface area contributed by atoms with E-state index in [4.69, 9.17) is 0 Å². The van der Waals surface area contributed by atoms with E-state index < -0.39 is 0 Å². The van der Waals surface area contributed by atoms with E-state index in [1.807, 2.05) is 6.26 Å². The third kappa shape index (κ3) is 3.56. The molecule has 0 atom stereocenters. The van der Waals surface area contributed by atoms with Crippen molar-refractivity contribution in [2.45, 2.75) is 42.9 Å². The van der Waals surface area contributed by atoms with Crippen LogP contribution in [0, 0.1) is 0 Å². The van der Waals surface area contributed by atoms with Crippen LogP contribution < -0.4 is 5.32 Å². The van der Waals surface area contributed by atoms with Crippen molar-refractivity contribution in [2.75, 3.05) is 11.6 Å². The minimum atomic E-state index is -0.124. The Morgan fingerprint density at radius 1 is 1.41 bits per heavy atom. The predicted octanol–water partition coefficient (Wildman–Crippen LogP) is 2.68. The first-order valence-electron chi connectivity index (χ1n) is 5.70. The monoisotopic (exact) mass is 317 g/mol. The Morgan fingerprint density at radius 3 is 2.76 bits per heavy atom. The first-order chi connectivity index (χ1) is 8.19. The first kappa shape index (κ1) is 13.1. The Hall–Kier alpha value is -0.330. The highest BCUT2D eigenvalue weighted by molar-refractivity contribution is 9.10. The Kier molecular flexibility index (Phi) is 4.64. The van der Waals surface area contributed by atoms with Gasteiger partial charge in [-0.1, -0.05) is 0 Å². The summed E-state index contributed by atoms with van der Waals surface area (Å²) in [6.45, 7) is 0. The molecule has 1 aromatic heterocycles. The van der Waals surface area contributed by atoms with Crippen LogP contribution in [0.4, 0.5) is 5.95 Å². The van der Waals surface area contributed by atoms with Crippen LogP contribution in [0.3, 0.4) is 0 Å². The molecule has 1 aliphatic rings. The lowest BCUT2D eigenvalue weighted by molar-refractivity contribution is 0.126. The number of hydrogen-bond donors (Lipinski definition) is 2. The molecule has 0 spiro atoms. The van der Waals surface area contributed by atoms with Crippen molar-refractivity contribution in [3.05, 3.63) is 10.7 Å². The highest BCUT2D eigenvalue weighted by Crippen LogP contribution is 2.25. The molecule has 0 amide bonds. The van der Waals surface area contributed by atoms with Crippen LogP contribution in [0.15, 0.2) is 15.7 Å². The van der Waals surface area contributed by atoms with Crippen LogP contribution in [0.5, 0.6) is 0 Å². The zero-order valence-corrected chi connectivity index (χ0v) is 12.1. The zero-order chi connectivity index (χ0) is 12.3. The van der Waals surface area contributed by atoms with Gasteiger partial charge >= 0.3 is 0 Å². The molecule has 1 aliphatic carbocycles. The number of halogens is 1. The number of hydrogen-bond acceptors (Lipinski definition) is 5. The first-order valence-corrected chi connectivity index (χ1v) is 7.72. The van der Waals surface area contributed by atoms with E-state index in [9.17, 15) is 5.11 Å². The summed E-state index contributed by atoms with van der Waals surface area (Å²) in [6, 6.07) is 0.384. The van der Waals surface area contributed by atoms with E-state index in [0.29, 0.717) is 12.0 Å². The number of aliphatic hydroxyl groups excluding tert-OH is 1.